The van der Waals surface area contributed by atoms with Gasteiger partial charge in [-0.15, -0.1) is 10.2 Å². The fraction of sp³-hybridized carbons (Fsp3) is 0.276. The van der Waals surface area contributed by atoms with Gasteiger partial charge in [-0.25, -0.2) is 4.98 Å². The molecule has 194 valence electrons. The molecular formula is C29H31N7O2. The Hall–Kier alpha value is -4.53. The minimum Gasteiger partial charge on any atom is -0.351 e. The van der Waals surface area contributed by atoms with Crippen molar-refractivity contribution >= 4 is 28.5 Å². The highest BCUT2D eigenvalue weighted by Crippen LogP contribution is 2.23. The van der Waals surface area contributed by atoms with Gasteiger partial charge in [0, 0.05) is 31.1 Å². The summed E-state index contributed by atoms with van der Waals surface area (Å²) >= 11 is 0. The van der Waals surface area contributed by atoms with E-state index in [1.54, 1.807) is 16.7 Å². The number of para-hydroxylation sites is 2. The Labute approximate surface area is 220 Å². The molecule has 0 atom stereocenters. The predicted molar refractivity (Wildman–Crippen MR) is 146 cm³/mol. The van der Waals surface area contributed by atoms with Crippen molar-refractivity contribution in [2.75, 3.05) is 6.54 Å². The number of fused-ring (bicyclic) bond motifs is 2. The van der Waals surface area contributed by atoms with E-state index in [0.29, 0.717) is 42.1 Å². The first-order chi connectivity index (χ1) is 18.2. The molecule has 0 radical (unpaired) electrons. The summed E-state index contributed by atoms with van der Waals surface area (Å²) in [5.74, 6) is 0.848. The monoisotopic (exact) mass is 509 g/mol. The van der Waals surface area contributed by atoms with Crippen LogP contribution in [0.3, 0.4) is 0 Å². The van der Waals surface area contributed by atoms with Gasteiger partial charge in [-0.05, 0) is 30.7 Å². The van der Waals surface area contributed by atoms with Crippen molar-refractivity contribution in [3.8, 4) is 0 Å². The molecular weight excluding hydrogens is 478 g/mol. The molecule has 2 amide bonds. The number of rotatable bonds is 7. The van der Waals surface area contributed by atoms with Crippen molar-refractivity contribution in [2.45, 2.75) is 46.1 Å². The van der Waals surface area contributed by atoms with Gasteiger partial charge in [0.1, 0.15) is 11.6 Å². The molecule has 0 unspecified atom stereocenters. The zero-order chi connectivity index (χ0) is 26.9. The lowest BCUT2D eigenvalue weighted by Gasteiger charge is -2.17. The van der Waals surface area contributed by atoms with Crippen LogP contribution in [0, 0.1) is 6.92 Å². The average Bonchev–Trinajstić information content (AvgIpc) is 3.50. The number of aromatic nitrogens is 5. The van der Waals surface area contributed by atoms with Gasteiger partial charge in [-0.2, -0.15) is 0 Å². The lowest BCUT2D eigenvalue weighted by atomic mass is 9.96. The van der Waals surface area contributed by atoms with Gasteiger partial charge in [-0.3, -0.25) is 14.0 Å². The van der Waals surface area contributed by atoms with Crippen LogP contribution in [-0.2, 0) is 18.4 Å². The quantitative estimate of drug-likeness (QED) is 0.305. The van der Waals surface area contributed by atoms with Crippen molar-refractivity contribution in [1.82, 2.24) is 35.2 Å². The summed E-state index contributed by atoms with van der Waals surface area (Å²) in [6.07, 6.45) is 2.24. The normalized spacial score (nSPS) is 11.7. The minimum atomic E-state index is -0.342. The van der Waals surface area contributed by atoms with Crippen LogP contribution in [0.1, 0.15) is 64.3 Å². The Balaban J connectivity index is 1.38. The predicted octanol–water partition coefficient (Wildman–Crippen LogP) is 4.11. The third-order valence-electron chi connectivity index (χ3n) is 6.30. The maximum Gasteiger partial charge on any atom is 0.255 e. The number of H-pyrrole nitrogens is 1. The van der Waals surface area contributed by atoms with Crippen LogP contribution in [0.15, 0.2) is 60.8 Å². The topological polar surface area (TPSA) is 117 Å². The lowest BCUT2D eigenvalue weighted by Crippen LogP contribution is -2.28. The molecule has 0 bridgehead atoms. The van der Waals surface area contributed by atoms with Gasteiger partial charge in [-0.1, -0.05) is 62.7 Å². The number of nitrogens with zero attached hydrogens (tertiary/aromatic N) is 4. The van der Waals surface area contributed by atoms with E-state index in [2.05, 4.69) is 30.8 Å². The van der Waals surface area contributed by atoms with Crippen LogP contribution in [0.4, 0.5) is 0 Å². The first-order valence-electron chi connectivity index (χ1n) is 12.6. The van der Waals surface area contributed by atoms with Crippen molar-refractivity contribution in [2.24, 2.45) is 0 Å². The molecule has 3 aromatic heterocycles. The molecule has 0 fully saturated rings. The molecule has 0 saturated heterocycles. The number of carbonyl (C=O) groups excluding carboxylic acids is 2. The van der Waals surface area contributed by atoms with Gasteiger partial charge in [0.15, 0.2) is 5.65 Å². The summed E-state index contributed by atoms with van der Waals surface area (Å²) < 4.78 is 1.75. The molecule has 9 heteroatoms. The fourth-order valence-corrected chi connectivity index (χ4v) is 4.42. The van der Waals surface area contributed by atoms with E-state index in [-0.39, 0.29) is 17.2 Å². The number of hydrogen-bond acceptors (Lipinski definition) is 5. The summed E-state index contributed by atoms with van der Waals surface area (Å²) in [6, 6.07) is 17.4. The van der Waals surface area contributed by atoms with Crippen molar-refractivity contribution in [3.05, 3.63) is 94.7 Å². The largest absolute Gasteiger partial charge is 0.351 e. The molecule has 0 aliphatic carbocycles. The van der Waals surface area contributed by atoms with E-state index in [0.717, 1.165) is 28.0 Å². The Morgan fingerprint density at radius 1 is 0.974 bits per heavy atom. The molecule has 0 saturated carbocycles. The Morgan fingerprint density at radius 3 is 2.55 bits per heavy atom. The smallest absolute Gasteiger partial charge is 0.255 e. The number of carbonyl (C=O) groups is 2. The number of amides is 2. The van der Waals surface area contributed by atoms with Crippen molar-refractivity contribution in [1.29, 1.82) is 0 Å². The van der Waals surface area contributed by atoms with E-state index in [4.69, 9.17) is 0 Å². The van der Waals surface area contributed by atoms with E-state index in [1.807, 2.05) is 76.2 Å². The molecule has 38 heavy (non-hydrogen) atoms. The zero-order valence-corrected chi connectivity index (χ0v) is 22.0. The number of aryl methyl sites for hydroxylation is 1. The van der Waals surface area contributed by atoms with E-state index >= 15 is 0 Å². The second kappa shape index (κ2) is 10.1. The Morgan fingerprint density at radius 2 is 1.79 bits per heavy atom. The standard InChI is InChI=1S/C29H31N7O2/c1-18-8-7-9-19(14-18)16-31-26(37)20-15-21(25-34-35-28(29(2,3)4)36(25)17-20)27(38)30-13-12-24-32-22-10-5-6-11-23(22)33-24/h5-11,14-15,17H,12-13,16H2,1-4H3,(H,30,38)(H,31,37)(H,32,33). The number of pyridine rings is 1. The van der Waals surface area contributed by atoms with Crippen molar-refractivity contribution < 1.29 is 9.59 Å². The van der Waals surface area contributed by atoms with Crippen molar-refractivity contribution in [3.63, 3.8) is 0 Å². The summed E-state index contributed by atoms with van der Waals surface area (Å²) in [5.41, 5.74) is 4.69. The third kappa shape index (κ3) is 5.27. The average molecular weight is 510 g/mol. The summed E-state index contributed by atoms with van der Waals surface area (Å²) in [4.78, 5) is 34.3. The van der Waals surface area contributed by atoms with Crippen LogP contribution in [0.25, 0.3) is 16.7 Å². The maximum atomic E-state index is 13.3. The van der Waals surface area contributed by atoms with Gasteiger partial charge in [0.25, 0.3) is 11.8 Å². The highest BCUT2D eigenvalue weighted by molar-refractivity contribution is 6.03. The summed E-state index contributed by atoms with van der Waals surface area (Å²) in [5, 5.41) is 14.6. The van der Waals surface area contributed by atoms with Gasteiger partial charge >= 0.3 is 0 Å². The number of imidazole rings is 1. The minimum absolute atomic E-state index is 0.279. The Kier molecular flexibility index (Phi) is 6.67. The fourth-order valence-electron chi connectivity index (χ4n) is 4.42. The first kappa shape index (κ1) is 25.1. The highest BCUT2D eigenvalue weighted by Gasteiger charge is 2.25. The maximum absolute atomic E-state index is 13.3. The number of aromatic amines is 1. The molecule has 0 aliphatic heterocycles. The molecule has 5 aromatic rings. The summed E-state index contributed by atoms with van der Waals surface area (Å²) in [6.45, 7) is 8.81. The second-order valence-electron chi connectivity index (χ2n) is 10.5. The van der Waals surface area contributed by atoms with Crippen LogP contribution >= 0.6 is 0 Å². The molecule has 0 spiro atoms. The van der Waals surface area contributed by atoms with Gasteiger partial charge < -0.3 is 15.6 Å². The van der Waals surface area contributed by atoms with E-state index < -0.39 is 0 Å². The second-order valence-corrected chi connectivity index (χ2v) is 10.5. The van der Waals surface area contributed by atoms with E-state index in [9.17, 15) is 9.59 Å². The molecule has 0 aliphatic rings. The zero-order valence-electron chi connectivity index (χ0n) is 22.0. The molecule has 3 N–H and O–H groups in total. The first-order valence-corrected chi connectivity index (χ1v) is 12.6. The van der Waals surface area contributed by atoms with Gasteiger partial charge in [0.05, 0.1) is 22.2 Å². The molecule has 3 heterocycles. The molecule has 9 nitrogen and oxygen atoms in total. The number of hydrogen-bond donors (Lipinski definition) is 3. The summed E-state index contributed by atoms with van der Waals surface area (Å²) in [7, 11) is 0. The van der Waals surface area contributed by atoms with E-state index in [1.165, 1.54) is 0 Å². The van der Waals surface area contributed by atoms with Crippen LogP contribution < -0.4 is 10.6 Å². The number of benzene rings is 2. The van der Waals surface area contributed by atoms with Crippen LogP contribution in [-0.4, -0.2) is 42.9 Å². The van der Waals surface area contributed by atoms with Crippen LogP contribution in [0.2, 0.25) is 0 Å². The van der Waals surface area contributed by atoms with Crippen LogP contribution in [0.5, 0.6) is 0 Å². The number of nitrogens with one attached hydrogen (secondary N) is 3. The lowest BCUT2D eigenvalue weighted by molar-refractivity contribution is 0.0950. The third-order valence-corrected chi connectivity index (χ3v) is 6.30. The molecule has 2 aromatic carbocycles. The molecule has 5 rings (SSSR count). The Bertz CT molecular complexity index is 1610. The highest BCUT2D eigenvalue weighted by atomic mass is 16.2. The van der Waals surface area contributed by atoms with Gasteiger partial charge in [0.2, 0.25) is 0 Å². The SMILES string of the molecule is Cc1cccc(CNC(=O)c2cc(C(=O)NCCc3nc4ccccc4[nH]3)c3nnc(C(C)(C)C)n3c2)c1.